The van der Waals surface area contributed by atoms with Gasteiger partial charge in [-0.15, -0.1) is 0 Å². The molecule has 0 heterocycles. The van der Waals surface area contributed by atoms with Gasteiger partial charge in [0.15, 0.2) is 0 Å². The van der Waals surface area contributed by atoms with E-state index in [1.807, 2.05) is 0 Å². The number of rotatable bonds is 15. The summed E-state index contributed by atoms with van der Waals surface area (Å²) in [6.07, 6.45) is 9.24. The van der Waals surface area contributed by atoms with Gasteiger partial charge in [0.1, 0.15) is 0 Å². The van der Waals surface area contributed by atoms with Gasteiger partial charge in [-0.2, -0.15) is 0 Å². The van der Waals surface area contributed by atoms with Gasteiger partial charge in [0, 0.05) is 5.41 Å². The van der Waals surface area contributed by atoms with Crippen molar-refractivity contribution in [2.24, 2.45) is 0 Å². The SMILES string of the molecule is CCc1ccc(-c2ccc(C(CCCCCCI)(c3ccc(-c4ccc(CC)cc4)cc3)c3ccc(-c4ccc(CC)cc4)cc3)cc2)cc1. The highest BCUT2D eigenvalue weighted by Crippen LogP contribution is 2.45. The number of benzene rings is 6. The quantitative estimate of drug-likeness (QED) is 0.0423. The minimum absolute atomic E-state index is 0.274. The summed E-state index contributed by atoms with van der Waals surface area (Å²) in [7, 11) is 0. The van der Waals surface area contributed by atoms with Gasteiger partial charge in [-0.3, -0.25) is 0 Å². The smallest absolute Gasteiger partial charge is 0.0451 e. The summed E-state index contributed by atoms with van der Waals surface area (Å²) in [5, 5.41) is 0. The Labute approximate surface area is 315 Å². The van der Waals surface area contributed by atoms with Crippen molar-refractivity contribution in [3.8, 4) is 33.4 Å². The van der Waals surface area contributed by atoms with Gasteiger partial charge in [-0.05, 0) is 103 Å². The highest BCUT2D eigenvalue weighted by Gasteiger charge is 2.36. The molecule has 0 nitrogen and oxygen atoms in total. The third kappa shape index (κ3) is 8.16. The van der Waals surface area contributed by atoms with Crippen molar-refractivity contribution in [1.29, 1.82) is 0 Å². The Morgan fingerprint density at radius 3 is 0.860 bits per heavy atom. The first-order valence-electron chi connectivity index (χ1n) is 18.7. The Morgan fingerprint density at radius 2 is 0.600 bits per heavy atom. The van der Waals surface area contributed by atoms with E-state index >= 15 is 0 Å². The fourth-order valence-corrected chi connectivity index (χ4v) is 7.95. The summed E-state index contributed by atoms with van der Waals surface area (Å²) in [5.41, 5.74) is 15.6. The lowest BCUT2D eigenvalue weighted by Gasteiger charge is -2.37. The average molecular weight is 767 g/mol. The van der Waals surface area contributed by atoms with E-state index in [2.05, 4.69) is 189 Å². The van der Waals surface area contributed by atoms with Crippen LogP contribution in [0.25, 0.3) is 33.4 Å². The fourth-order valence-electron chi connectivity index (χ4n) is 7.41. The Kier molecular flexibility index (Phi) is 12.4. The molecule has 0 bridgehead atoms. The molecule has 0 aliphatic rings. The van der Waals surface area contributed by atoms with E-state index in [0.717, 1.165) is 25.7 Å². The maximum atomic E-state index is 2.52. The molecule has 0 aromatic heterocycles. The minimum atomic E-state index is -0.274. The minimum Gasteiger partial charge on any atom is -0.0864 e. The van der Waals surface area contributed by atoms with Crippen molar-refractivity contribution in [2.45, 2.75) is 77.6 Å². The van der Waals surface area contributed by atoms with Gasteiger partial charge in [-0.1, -0.05) is 208 Å². The van der Waals surface area contributed by atoms with Crippen molar-refractivity contribution < 1.29 is 0 Å². The third-order valence-electron chi connectivity index (χ3n) is 10.7. The fraction of sp³-hybridized carbons (Fsp3) is 0.265. The van der Waals surface area contributed by atoms with E-state index < -0.39 is 0 Å². The zero-order valence-corrected chi connectivity index (χ0v) is 32.3. The monoisotopic (exact) mass is 766 g/mol. The first-order valence-corrected chi connectivity index (χ1v) is 20.3. The topological polar surface area (TPSA) is 0 Å². The zero-order valence-electron chi connectivity index (χ0n) is 30.1. The van der Waals surface area contributed by atoms with Gasteiger partial charge in [0.25, 0.3) is 0 Å². The van der Waals surface area contributed by atoms with E-state index in [4.69, 9.17) is 0 Å². The number of aryl methyl sites for hydroxylation is 3. The van der Waals surface area contributed by atoms with E-state index in [0.29, 0.717) is 0 Å². The molecular weight excluding hydrogens is 715 g/mol. The number of unbranched alkanes of at least 4 members (excludes halogenated alkanes) is 3. The lowest BCUT2D eigenvalue weighted by molar-refractivity contribution is 0.508. The largest absolute Gasteiger partial charge is 0.0864 e. The van der Waals surface area contributed by atoms with E-state index in [1.165, 1.54) is 96.9 Å². The molecule has 0 N–H and O–H groups in total. The zero-order chi connectivity index (χ0) is 34.8. The van der Waals surface area contributed by atoms with Crippen LogP contribution in [-0.2, 0) is 24.7 Å². The third-order valence-corrected chi connectivity index (χ3v) is 11.4. The highest BCUT2D eigenvalue weighted by molar-refractivity contribution is 14.1. The molecule has 6 rings (SSSR count). The molecule has 0 amide bonds. The van der Waals surface area contributed by atoms with Crippen molar-refractivity contribution in [3.63, 3.8) is 0 Å². The van der Waals surface area contributed by atoms with Crippen molar-refractivity contribution >= 4 is 22.6 Å². The van der Waals surface area contributed by atoms with Crippen LogP contribution in [0.3, 0.4) is 0 Å². The highest BCUT2D eigenvalue weighted by atomic mass is 127. The molecule has 50 heavy (non-hydrogen) atoms. The summed E-state index contributed by atoms with van der Waals surface area (Å²) in [4.78, 5) is 0. The first-order chi connectivity index (χ1) is 24.6. The van der Waals surface area contributed by atoms with Gasteiger partial charge >= 0.3 is 0 Å². The maximum Gasteiger partial charge on any atom is 0.0451 e. The summed E-state index contributed by atoms with van der Waals surface area (Å²) >= 11 is 2.52. The average Bonchev–Trinajstić information content (AvgIpc) is 3.20. The van der Waals surface area contributed by atoms with Crippen LogP contribution in [0, 0.1) is 0 Å². The van der Waals surface area contributed by atoms with Crippen LogP contribution in [0.2, 0.25) is 0 Å². The molecule has 254 valence electrons. The first kappa shape index (κ1) is 35.9. The predicted molar refractivity (Wildman–Crippen MR) is 226 cm³/mol. The summed E-state index contributed by atoms with van der Waals surface area (Å²) in [6.45, 7) is 6.65. The summed E-state index contributed by atoms with van der Waals surface area (Å²) in [6, 6.07) is 55.7. The van der Waals surface area contributed by atoms with Gasteiger partial charge < -0.3 is 0 Å². The number of hydrogen-bond donors (Lipinski definition) is 0. The molecule has 0 radical (unpaired) electrons. The molecule has 0 saturated heterocycles. The number of halogens is 1. The summed E-state index contributed by atoms with van der Waals surface area (Å²) < 4.78 is 1.23. The molecule has 6 aromatic rings. The van der Waals surface area contributed by atoms with Crippen molar-refractivity contribution in [3.05, 3.63) is 179 Å². The standard InChI is InChI=1S/C49H51I/c1-4-37-11-17-40(18-12-37)43-23-29-46(30-24-43)49(35-9-7-8-10-36-50,47-31-25-44(26-32-47)41-19-13-38(5-2)14-20-41)48-33-27-45(28-34-48)42-21-15-39(6-3)16-22-42/h11-34H,4-10,35-36H2,1-3H3. The summed E-state index contributed by atoms with van der Waals surface area (Å²) in [5.74, 6) is 0. The van der Waals surface area contributed by atoms with Crippen molar-refractivity contribution in [2.75, 3.05) is 4.43 Å². The second kappa shape index (κ2) is 17.3. The molecular formula is C49H51I. The molecule has 6 aromatic carbocycles. The van der Waals surface area contributed by atoms with Crippen LogP contribution in [0.15, 0.2) is 146 Å². The lowest BCUT2D eigenvalue weighted by Crippen LogP contribution is -2.29. The van der Waals surface area contributed by atoms with Gasteiger partial charge in [-0.25, -0.2) is 0 Å². The Bertz CT molecular complexity index is 1680. The van der Waals surface area contributed by atoms with E-state index in [-0.39, 0.29) is 5.41 Å². The number of hydrogen-bond acceptors (Lipinski definition) is 0. The van der Waals surface area contributed by atoms with E-state index in [9.17, 15) is 0 Å². The van der Waals surface area contributed by atoms with Crippen LogP contribution < -0.4 is 0 Å². The predicted octanol–water partition coefficient (Wildman–Crippen LogP) is 14.1. The lowest BCUT2D eigenvalue weighted by atomic mass is 9.66. The molecule has 0 aliphatic heterocycles. The van der Waals surface area contributed by atoms with Crippen LogP contribution in [0.4, 0.5) is 0 Å². The molecule has 0 unspecified atom stereocenters. The van der Waals surface area contributed by atoms with Gasteiger partial charge in [0.05, 0.1) is 0 Å². The number of alkyl halides is 1. The van der Waals surface area contributed by atoms with Crippen molar-refractivity contribution in [1.82, 2.24) is 0 Å². The molecule has 1 heteroatoms. The van der Waals surface area contributed by atoms with Crippen LogP contribution in [0.1, 0.15) is 86.3 Å². The normalized spacial score (nSPS) is 11.5. The van der Waals surface area contributed by atoms with E-state index in [1.54, 1.807) is 0 Å². The second-order valence-electron chi connectivity index (χ2n) is 13.6. The molecule has 0 aliphatic carbocycles. The molecule has 0 fully saturated rings. The van der Waals surface area contributed by atoms with Crippen LogP contribution in [-0.4, -0.2) is 4.43 Å². The second-order valence-corrected chi connectivity index (χ2v) is 14.7. The Morgan fingerprint density at radius 1 is 0.340 bits per heavy atom. The Hall–Kier alpha value is -3.95. The van der Waals surface area contributed by atoms with Crippen LogP contribution >= 0.6 is 22.6 Å². The Balaban J connectivity index is 1.45. The molecule has 0 saturated carbocycles. The van der Waals surface area contributed by atoms with Gasteiger partial charge in [0.2, 0.25) is 0 Å². The van der Waals surface area contributed by atoms with Crippen LogP contribution in [0.5, 0.6) is 0 Å². The molecule has 0 atom stereocenters. The molecule has 0 spiro atoms. The maximum absolute atomic E-state index is 2.52.